The van der Waals surface area contributed by atoms with Crippen molar-refractivity contribution in [1.29, 1.82) is 0 Å². The van der Waals surface area contributed by atoms with Crippen LogP contribution in [-0.4, -0.2) is 19.1 Å². The van der Waals surface area contributed by atoms with Crippen LogP contribution in [0.5, 0.6) is 0 Å². The molecule has 2 aromatic carbocycles. The Morgan fingerprint density at radius 1 is 0.864 bits per heavy atom. The SMILES string of the molecule is CN(C)c1ccc(-c2ccc3[nH]c4c(c3c2)CCCC4)cc1. The number of nitrogens with zero attached hydrogens (tertiary/aromatic N) is 1. The van der Waals surface area contributed by atoms with Crippen LogP contribution in [0.4, 0.5) is 5.69 Å². The van der Waals surface area contributed by atoms with Gasteiger partial charge in [-0.1, -0.05) is 18.2 Å². The van der Waals surface area contributed by atoms with Gasteiger partial charge >= 0.3 is 0 Å². The highest BCUT2D eigenvalue weighted by atomic mass is 15.1. The molecule has 4 rings (SSSR count). The molecule has 0 amide bonds. The van der Waals surface area contributed by atoms with E-state index in [1.165, 1.54) is 59.1 Å². The first-order valence-electron chi connectivity index (χ1n) is 8.13. The molecule has 1 aliphatic rings. The Morgan fingerprint density at radius 3 is 2.36 bits per heavy atom. The number of fused-ring (bicyclic) bond motifs is 3. The van der Waals surface area contributed by atoms with Crippen molar-refractivity contribution in [1.82, 2.24) is 4.98 Å². The molecular weight excluding hydrogens is 268 g/mol. The average molecular weight is 290 g/mol. The first-order valence-corrected chi connectivity index (χ1v) is 8.13. The van der Waals surface area contributed by atoms with E-state index in [1.807, 2.05) is 0 Å². The minimum Gasteiger partial charge on any atom is -0.378 e. The predicted molar refractivity (Wildman–Crippen MR) is 94.7 cm³/mol. The van der Waals surface area contributed by atoms with Crippen LogP contribution in [0, 0.1) is 0 Å². The number of aryl methyl sites for hydroxylation is 2. The van der Waals surface area contributed by atoms with Gasteiger partial charge in [0.05, 0.1) is 0 Å². The molecule has 1 heterocycles. The van der Waals surface area contributed by atoms with Crippen LogP contribution >= 0.6 is 0 Å². The Morgan fingerprint density at radius 2 is 1.59 bits per heavy atom. The maximum atomic E-state index is 3.61. The van der Waals surface area contributed by atoms with Gasteiger partial charge in [0.15, 0.2) is 0 Å². The normalized spacial score (nSPS) is 14.1. The maximum Gasteiger partial charge on any atom is 0.0459 e. The second kappa shape index (κ2) is 5.20. The monoisotopic (exact) mass is 290 g/mol. The van der Waals surface area contributed by atoms with Crippen molar-refractivity contribution in [3.8, 4) is 11.1 Å². The molecule has 0 saturated carbocycles. The van der Waals surface area contributed by atoms with Crippen molar-refractivity contribution >= 4 is 16.6 Å². The molecule has 3 aromatic rings. The zero-order valence-corrected chi connectivity index (χ0v) is 13.3. The van der Waals surface area contributed by atoms with Crippen LogP contribution in [0.2, 0.25) is 0 Å². The van der Waals surface area contributed by atoms with Gasteiger partial charge in [-0.05, 0) is 66.6 Å². The number of aromatic amines is 1. The number of benzene rings is 2. The van der Waals surface area contributed by atoms with Gasteiger partial charge < -0.3 is 9.88 Å². The summed E-state index contributed by atoms with van der Waals surface area (Å²) in [5.41, 5.74) is 8.14. The fourth-order valence-electron chi connectivity index (χ4n) is 3.54. The Bertz CT molecular complexity index is 810. The minimum absolute atomic E-state index is 1.21. The molecule has 2 heteroatoms. The van der Waals surface area contributed by atoms with Crippen LogP contribution in [0.15, 0.2) is 42.5 Å². The van der Waals surface area contributed by atoms with Crippen molar-refractivity contribution in [3.05, 3.63) is 53.7 Å². The standard InChI is InChI=1S/C20H22N2/c1-22(2)16-10-7-14(8-11-16)15-9-12-20-18(13-15)17-5-3-4-6-19(17)21-20/h7-13,21H,3-6H2,1-2H3. The summed E-state index contributed by atoms with van der Waals surface area (Å²) in [6.45, 7) is 0. The number of anilines is 1. The third-order valence-electron chi connectivity index (χ3n) is 4.82. The summed E-state index contributed by atoms with van der Waals surface area (Å²) in [5, 5.41) is 1.42. The van der Waals surface area contributed by atoms with E-state index in [9.17, 15) is 0 Å². The van der Waals surface area contributed by atoms with E-state index in [1.54, 1.807) is 5.56 Å². The maximum absolute atomic E-state index is 3.61. The van der Waals surface area contributed by atoms with E-state index in [-0.39, 0.29) is 0 Å². The summed E-state index contributed by atoms with van der Waals surface area (Å²) < 4.78 is 0. The fraction of sp³-hybridized carbons (Fsp3) is 0.300. The Labute approximate surface area is 131 Å². The van der Waals surface area contributed by atoms with Gasteiger partial charge in [0.1, 0.15) is 0 Å². The third-order valence-corrected chi connectivity index (χ3v) is 4.82. The molecule has 0 atom stereocenters. The lowest BCUT2D eigenvalue weighted by atomic mass is 9.94. The van der Waals surface area contributed by atoms with Gasteiger partial charge in [0, 0.05) is 36.4 Å². The van der Waals surface area contributed by atoms with Gasteiger partial charge in [0.25, 0.3) is 0 Å². The van der Waals surface area contributed by atoms with Crippen LogP contribution in [0.25, 0.3) is 22.0 Å². The Kier molecular flexibility index (Phi) is 3.18. The number of H-pyrrole nitrogens is 1. The zero-order chi connectivity index (χ0) is 15.1. The molecule has 0 aliphatic heterocycles. The van der Waals surface area contributed by atoms with Crippen molar-refractivity contribution in [2.45, 2.75) is 25.7 Å². The van der Waals surface area contributed by atoms with Crippen molar-refractivity contribution < 1.29 is 0 Å². The molecule has 0 fully saturated rings. The summed E-state index contributed by atoms with van der Waals surface area (Å²) in [5.74, 6) is 0. The lowest BCUT2D eigenvalue weighted by molar-refractivity contribution is 0.680. The Balaban J connectivity index is 1.78. The van der Waals surface area contributed by atoms with Gasteiger partial charge in [-0.3, -0.25) is 0 Å². The highest BCUT2D eigenvalue weighted by molar-refractivity contribution is 5.89. The van der Waals surface area contributed by atoms with Crippen molar-refractivity contribution in [2.24, 2.45) is 0 Å². The molecule has 2 nitrogen and oxygen atoms in total. The van der Waals surface area contributed by atoms with Gasteiger partial charge in [-0.15, -0.1) is 0 Å². The summed E-state index contributed by atoms with van der Waals surface area (Å²) in [6.07, 6.45) is 5.07. The lowest BCUT2D eigenvalue weighted by Crippen LogP contribution is -2.07. The molecule has 1 aliphatic carbocycles. The third kappa shape index (κ3) is 2.19. The highest BCUT2D eigenvalue weighted by Gasteiger charge is 2.15. The highest BCUT2D eigenvalue weighted by Crippen LogP contribution is 2.32. The zero-order valence-electron chi connectivity index (χ0n) is 13.3. The molecular formula is C20H22N2. The van der Waals surface area contributed by atoms with Crippen LogP contribution < -0.4 is 4.90 Å². The molecule has 112 valence electrons. The second-order valence-corrected chi connectivity index (χ2v) is 6.49. The topological polar surface area (TPSA) is 19.0 Å². The van der Waals surface area contributed by atoms with Gasteiger partial charge in [-0.25, -0.2) is 0 Å². The Hall–Kier alpha value is -2.22. The van der Waals surface area contributed by atoms with Gasteiger partial charge in [-0.2, -0.15) is 0 Å². The second-order valence-electron chi connectivity index (χ2n) is 6.49. The molecule has 22 heavy (non-hydrogen) atoms. The first-order chi connectivity index (χ1) is 10.7. The van der Waals surface area contributed by atoms with E-state index in [0.717, 1.165) is 0 Å². The first kappa shape index (κ1) is 13.4. The van der Waals surface area contributed by atoms with Crippen LogP contribution in [0.3, 0.4) is 0 Å². The molecule has 0 bridgehead atoms. The van der Waals surface area contributed by atoms with Gasteiger partial charge in [0.2, 0.25) is 0 Å². The summed E-state index contributed by atoms with van der Waals surface area (Å²) in [6, 6.07) is 15.6. The lowest BCUT2D eigenvalue weighted by Gasteiger charge is -2.13. The molecule has 1 N–H and O–H groups in total. The molecule has 0 unspecified atom stereocenters. The molecule has 1 aromatic heterocycles. The average Bonchev–Trinajstić information content (AvgIpc) is 2.92. The number of hydrogen-bond acceptors (Lipinski definition) is 1. The van der Waals surface area contributed by atoms with Crippen LogP contribution in [0.1, 0.15) is 24.1 Å². The number of rotatable bonds is 2. The minimum atomic E-state index is 1.21. The molecule has 0 saturated heterocycles. The van der Waals surface area contributed by atoms with E-state index in [2.05, 4.69) is 66.4 Å². The van der Waals surface area contributed by atoms with E-state index >= 15 is 0 Å². The van der Waals surface area contributed by atoms with E-state index in [0.29, 0.717) is 0 Å². The quantitative estimate of drug-likeness (QED) is 0.719. The number of hydrogen-bond donors (Lipinski definition) is 1. The van der Waals surface area contributed by atoms with Crippen molar-refractivity contribution in [3.63, 3.8) is 0 Å². The van der Waals surface area contributed by atoms with Crippen LogP contribution in [-0.2, 0) is 12.8 Å². The molecule has 0 radical (unpaired) electrons. The largest absolute Gasteiger partial charge is 0.378 e. The van der Waals surface area contributed by atoms with E-state index in [4.69, 9.17) is 0 Å². The van der Waals surface area contributed by atoms with E-state index < -0.39 is 0 Å². The summed E-state index contributed by atoms with van der Waals surface area (Å²) >= 11 is 0. The van der Waals surface area contributed by atoms with Crippen molar-refractivity contribution in [2.75, 3.05) is 19.0 Å². The summed E-state index contributed by atoms with van der Waals surface area (Å²) in [4.78, 5) is 5.75. The number of nitrogens with one attached hydrogen (secondary N) is 1. The smallest absolute Gasteiger partial charge is 0.0459 e. The predicted octanol–water partition coefficient (Wildman–Crippen LogP) is 4.78. The fourth-order valence-corrected chi connectivity index (χ4v) is 3.54. The summed E-state index contributed by atoms with van der Waals surface area (Å²) in [7, 11) is 4.15. The molecule has 0 spiro atoms. The number of aromatic nitrogens is 1.